The van der Waals surface area contributed by atoms with E-state index < -0.39 is 0 Å². The first-order valence-corrected chi connectivity index (χ1v) is 4.49. The fourth-order valence-corrected chi connectivity index (χ4v) is 1.88. The van der Waals surface area contributed by atoms with E-state index in [0.717, 1.165) is 16.1 Å². The molecule has 0 aliphatic rings. The highest BCUT2D eigenvalue weighted by atomic mass is 32.1. The molecule has 0 unspecified atom stereocenters. The molecule has 3 heteroatoms. The molecule has 2 aromatic rings. The van der Waals surface area contributed by atoms with Crippen molar-refractivity contribution in [2.24, 2.45) is 0 Å². The van der Waals surface area contributed by atoms with E-state index in [9.17, 15) is 0 Å². The number of nitrogens with two attached hydrogens (primary N) is 1. The van der Waals surface area contributed by atoms with Gasteiger partial charge in [0.15, 0.2) is 0 Å². The van der Waals surface area contributed by atoms with Crippen molar-refractivity contribution in [3.63, 3.8) is 0 Å². The average Bonchev–Trinajstić information content (AvgIpc) is 2.53. The van der Waals surface area contributed by atoms with E-state index in [1.54, 1.807) is 23.7 Å². The van der Waals surface area contributed by atoms with Crippen LogP contribution in [0.5, 0.6) is 0 Å². The lowest BCUT2D eigenvalue weighted by molar-refractivity contribution is 1.33. The number of rotatable bonds is 1. The Kier molecular flexibility index (Phi) is 1.80. The van der Waals surface area contributed by atoms with E-state index >= 15 is 0 Å². The maximum Gasteiger partial charge on any atom is 0.0573 e. The molecule has 0 saturated heterocycles. The average molecular weight is 176 g/mol. The normalized spacial score (nSPS) is 10.0. The fraction of sp³-hybridized carbons (Fsp3) is 0. The molecule has 2 heterocycles. The summed E-state index contributed by atoms with van der Waals surface area (Å²) in [6.07, 6.45) is 3.54. The third-order valence-electron chi connectivity index (χ3n) is 1.64. The summed E-state index contributed by atoms with van der Waals surface area (Å²) in [5, 5.41) is 1.99. The van der Waals surface area contributed by atoms with Gasteiger partial charge in [0.2, 0.25) is 0 Å². The monoisotopic (exact) mass is 176 g/mol. The number of hydrogen-bond acceptors (Lipinski definition) is 3. The maximum absolute atomic E-state index is 5.76. The summed E-state index contributed by atoms with van der Waals surface area (Å²) in [5.74, 6) is 0. The van der Waals surface area contributed by atoms with Crippen molar-refractivity contribution in [2.45, 2.75) is 0 Å². The van der Waals surface area contributed by atoms with Crippen molar-refractivity contribution in [1.29, 1.82) is 0 Å². The highest BCUT2D eigenvalue weighted by Crippen LogP contribution is 2.30. The molecule has 0 atom stereocenters. The van der Waals surface area contributed by atoms with Crippen LogP contribution in [0.4, 0.5) is 5.69 Å². The Morgan fingerprint density at radius 3 is 2.50 bits per heavy atom. The molecule has 0 bridgehead atoms. The minimum atomic E-state index is 0.839. The van der Waals surface area contributed by atoms with Gasteiger partial charge in [-0.15, -0.1) is 11.3 Å². The van der Waals surface area contributed by atoms with Crippen molar-refractivity contribution >= 4 is 17.0 Å². The van der Waals surface area contributed by atoms with Gasteiger partial charge in [-0.05, 0) is 29.1 Å². The van der Waals surface area contributed by atoms with E-state index in [1.165, 1.54) is 0 Å². The van der Waals surface area contributed by atoms with Crippen molar-refractivity contribution < 1.29 is 0 Å². The molecule has 2 nitrogen and oxygen atoms in total. The Hall–Kier alpha value is -1.35. The predicted octanol–water partition coefficient (Wildman–Crippen LogP) is 2.39. The highest BCUT2D eigenvalue weighted by Gasteiger charge is 2.01. The molecule has 2 N–H and O–H groups in total. The molecule has 0 amide bonds. The molecule has 0 radical (unpaired) electrons. The second kappa shape index (κ2) is 2.95. The second-order valence-corrected chi connectivity index (χ2v) is 3.36. The zero-order chi connectivity index (χ0) is 8.39. The summed E-state index contributed by atoms with van der Waals surface area (Å²) in [4.78, 5) is 5.07. The number of aromatic nitrogens is 1. The Balaban J connectivity index is 2.51. The molecule has 2 rings (SSSR count). The largest absolute Gasteiger partial charge is 0.398 e. The van der Waals surface area contributed by atoms with Crippen LogP contribution in [0.2, 0.25) is 0 Å². The second-order valence-electron chi connectivity index (χ2n) is 2.44. The molecule has 0 aliphatic heterocycles. The third kappa shape index (κ3) is 1.19. The third-order valence-corrected chi connectivity index (χ3v) is 2.62. The number of anilines is 1. The molecule has 0 saturated carbocycles. The minimum Gasteiger partial charge on any atom is -0.398 e. The number of nitrogen functional groups attached to an aromatic ring is 1. The summed E-state index contributed by atoms with van der Waals surface area (Å²) in [6, 6.07) is 5.84. The summed E-state index contributed by atoms with van der Waals surface area (Å²) in [5.41, 5.74) is 7.74. The van der Waals surface area contributed by atoms with Crippen LogP contribution in [-0.4, -0.2) is 4.98 Å². The highest BCUT2D eigenvalue weighted by molar-refractivity contribution is 7.14. The van der Waals surface area contributed by atoms with Gasteiger partial charge < -0.3 is 5.73 Å². The fourth-order valence-electron chi connectivity index (χ4n) is 1.06. The quantitative estimate of drug-likeness (QED) is 0.724. The summed E-state index contributed by atoms with van der Waals surface area (Å²) in [7, 11) is 0. The molecule has 2 aromatic heterocycles. The standard InChI is InChI=1S/C9H8N2S/c10-8-3-6-12-9(8)7-1-4-11-5-2-7/h1-6H,10H2. The lowest BCUT2D eigenvalue weighted by atomic mass is 10.2. The summed E-state index contributed by atoms with van der Waals surface area (Å²) in [6.45, 7) is 0. The molecular formula is C9H8N2S. The zero-order valence-electron chi connectivity index (χ0n) is 6.40. The first kappa shape index (κ1) is 7.31. The van der Waals surface area contributed by atoms with Crippen molar-refractivity contribution in [3.8, 4) is 10.4 Å². The van der Waals surface area contributed by atoms with Gasteiger partial charge in [0.1, 0.15) is 0 Å². The predicted molar refractivity (Wildman–Crippen MR) is 52.0 cm³/mol. The van der Waals surface area contributed by atoms with E-state index in [1.807, 2.05) is 23.6 Å². The van der Waals surface area contributed by atoms with Crippen LogP contribution in [0.1, 0.15) is 0 Å². The molecular weight excluding hydrogens is 168 g/mol. The van der Waals surface area contributed by atoms with E-state index in [0.29, 0.717) is 0 Å². The molecule has 12 heavy (non-hydrogen) atoms. The Labute approximate surface area is 74.7 Å². The van der Waals surface area contributed by atoms with Crippen LogP contribution in [0.3, 0.4) is 0 Å². The van der Waals surface area contributed by atoms with Gasteiger partial charge in [-0.25, -0.2) is 0 Å². The van der Waals surface area contributed by atoms with Crippen LogP contribution in [-0.2, 0) is 0 Å². The molecule has 0 aliphatic carbocycles. The number of pyridine rings is 1. The first-order chi connectivity index (χ1) is 5.88. The number of nitrogens with zero attached hydrogens (tertiary/aromatic N) is 1. The van der Waals surface area contributed by atoms with Gasteiger partial charge in [0.25, 0.3) is 0 Å². The molecule has 0 fully saturated rings. The van der Waals surface area contributed by atoms with Gasteiger partial charge >= 0.3 is 0 Å². The van der Waals surface area contributed by atoms with Gasteiger partial charge in [0, 0.05) is 12.4 Å². The van der Waals surface area contributed by atoms with Gasteiger partial charge in [0.05, 0.1) is 10.6 Å². The van der Waals surface area contributed by atoms with Crippen LogP contribution >= 0.6 is 11.3 Å². The van der Waals surface area contributed by atoms with Crippen molar-refractivity contribution in [1.82, 2.24) is 4.98 Å². The Morgan fingerprint density at radius 2 is 1.92 bits per heavy atom. The van der Waals surface area contributed by atoms with Crippen LogP contribution in [0, 0.1) is 0 Å². The SMILES string of the molecule is Nc1ccsc1-c1ccncc1. The first-order valence-electron chi connectivity index (χ1n) is 3.61. The van der Waals surface area contributed by atoms with Crippen molar-refractivity contribution in [3.05, 3.63) is 36.0 Å². The van der Waals surface area contributed by atoms with E-state index in [4.69, 9.17) is 5.73 Å². The number of thiophene rings is 1. The Bertz CT molecular complexity index is 367. The topological polar surface area (TPSA) is 38.9 Å². The molecule has 0 spiro atoms. The lowest BCUT2D eigenvalue weighted by Gasteiger charge is -1.96. The van der Waals surface area contributed by atoms with Gasteiger partial charge in [-0.3, -0.25) is 4.98 Å². The zero-order valence-corrected chi connectivity index (χ0v) is 7.21. The van der Waals surface area contributed by atoms with Crippen LogP contribution < -0.4 is 5.73 Å². The van der Waals surface area contributed by atoms with E-state index in [2.05, 4.69) is 4.98 Å². The molecule has 60 valence electrons. The summed E-state index contributed by atoms with van der Waals surface area (Å²) >= 11 is 1.65. The van der Waals surface area contributed by atoms with Crippen molar-refractivity contribution in [2.75, 3.05) is 5.73 Å². The van der Waals surface area contributed by atoms with Crippen LogP contribution in [0.15, 0.2) is 36.0 Å². The molecule has 0 aromatic carbocycles. The van der Waals surface area contributed by atoms with Gasteiger partial charge in [-0.2, -0.15) is 0 Å². The minimum absolute atomic E-state index is 0.839. The Morgan fingerprint density at radius 1 is 1.17 bits per heavy atom. The maximum atomic E-state index is 5.76. The van der Waals surface area contributed by atoms with Crippen LogP contribution in [0.25, 0.3) is 10.4 Å². The smallest absolute Gasteiger partial charge is 0.0573 e. The van der Waals surface area contributed by atoms with E-state index in [-0.39, 0.29) is 0 Å². The lowest BCUT2D eigenvalue weighted by Crippen LogP contribution is -1.83. The summed E-state index contributed by atoms with van der Waals surface area (Å²) < 4.78 is 0. The van der Waals surface area contributed by atoms with Gasteiger partial charge in [-0.1, -0.05) is 0 Å². The number of hydrogen-bond donors (Lipinski definition) is 1.